The zero-order chi connectivity index (χ0) is 14.5. The Labute approximate surface area is 126 Å². The summed E-state index contributed by atoms with van der Waals surface area (Å²) in [5, 5.41) is 3.21. The molecule has 0 radical (unpaired) electrons. The SMILES string of the molecule is CCC(=O)c1ccc(NCc2cc(F)ccc2Br)cc1. The first kappa shape index (κ1) is 14.7. The molecule has 20 heavy (non-hydrogen) atoms. The lowest BCUT2D eigenvalue weighted by atomic mass is 10.1. The van der Waals surface area contributed by atoms with Crippen LogP contribution in [0.3, 0.4) is 0 Å². The van der Waals surface area contributed by atoms with Crippen LogP contribution >= 0.6 is 15.9 Å². The second-order valence-electron chi connectivity index (χ2n) is 4.44. The van der Waals surface area contributed by atoms with Crippen LogP contribution in [0, 0.1) is 5.82 Å². The van der Waals surface area contributed by atoms with Gasteiger partial charge in [0.05, 0.1) is 0 Å². The van der Waals surface area contributed by atoms with Gasteiger partial charge in [0.15, 0.2) is 5.78 Å². The van der Waals surface area contributed by atoms with Crippen LogP contribution in [0.15, 0.2) is 46.9 Å². The van der Waals surface area contributed by atoms with Gasteiger partial charge in [0.2, 0.25) is 0 Å². The molecule has 0 saturated heterocycles. The molecular weight excluding hydrogens is 321 g/mol. The van der Waals surface area contributed by atoms with Crippen LogP contribution in [0.2, 0.25) is 0 Å². The molecule has 2 nitrogen and oxygen atoms in total. The molecule has 4 heteroatoms. The van der Waals surface area contributed by atoms with Gasteiger partial charge in [-0.25, -0.2) is 4.39 Å². The number of nitrogens with one attached hydrogen (secondary N) is 1. The summed E-state index contributed by atoms with van der Waals surface area (Å²) in [5.74, 6) is -0.127. The Morgan fingerprint density at radius 2 is 1.90 bits per heavy atom. The number of ketones is 1. The molecule has 104 valence electrons. The minimum absolute atomic E-state index is 0.129. The molecular formula is C16H15BrFNO. The van der Waals surface area contributed by atoms with E-state index in [1.54, 1.807) is 18.2 Å². The Morgan fingerprint density at radius 3 is 2.55 bits per heavy atom. The molecule has 0 saturated carbocycles. The third-order valence-electron chi connectivity index (χ3n) is 3.02. The Bertz CT molecular complexity index is 610. The Kier molecular flexibility index (Phi) is 4.90. The molecule has 1 N–H and O–H groups in total. The molecule has 0 aliphatic heterocycles. The normalized spacial score (nSPS) is 10.3. The van der Waals surface area contributed by atoms with Gasteiger partial charge in [0, 0.05) is 28.7 Å². The van der Waals surface area contributed by atoms with Crippen molar-refractivity contribution in [1.82, 2.24) is 0 Å². The van der Waals surface area contributed by atoms with Crippen molar-refractivity contribution >= 4 is 27.4 Å². The summed E-state index contributed by atoms with van der Waals surface area (Å²) >= 11 is 3.39. The summed E-state index contributed by atoms with van der Waals surface area (Å²) in [6, 6.07) is 11.9. The zero-order valence-corrected chi connectivity index (χ0v) is 12.7. The third-order valence-corrected chi connectivity index (χ3v) is 3.79. The highest BCUT2D eigenvalue weighted by molar-refractivity contribution is 9.10. The summed E-state index contributed by atoms with van der Waals surface area (Å²) in [6.45, 7) is 2.36. The van der Waals surface area contributed by atoms with Gasteiger partial charge in [0.25, 0.3) is 0 Å². The van der Waals surface area contributed by atoms with Gasteiger partial charge in [-0.3, -0.25) is 4.79 Å². The topological polar surface area (TPSA) is 29.1 Å². The summed E-state index contributed by atoms with van der Waals surface area (Å²) in [6.07, 6.45) is 0.503. The maximum Gasteiger partial charge on any atom is 0.162 e. The van der Waals surface area contributed by atoms with Crippen molar-refractivity contribution in [3.63, 3.8) is 0 Å². The molecule has 0 aliphatic carbocycles. The number of benzene rings is 2. The highest BCUT2D eigenvalue weighted by atomic mass is 79.9. The van der Waals surface area contributed by atoms with E-state index < -0.39 is 0 Å². The van der Waals surface area contributed by atoms with Gasteiger partial charge in [-0.1, -0.05) is 22.9 Å². The number of rotatable bonds is 5. The first-order valence-electron chi connectivity index (χ1n) is 6.41. The number of hydrogen-bond donors (Lipinski definition) is 1. The molecule has 0 amide bonds. The number of carbonyl (C=O) groups is 1. The molecule has 0 aliphatic rings. The van der Waals surface area contributed by atoms with E-state index in [2.05, 4.69) is 21.2 Å². The third kappa shape index (κ3) is 3.67. The van der Waals surface area contributed by atoms with Crippen LogP contribution in [0.25, 0.3) is 0 Å². The van der Waals surface area contributed by atoms with Crippen molar-refractivity contribution in [3.8, 4) is 0 Å². The molecule has 0 atom stereocenters. The lowest BCUT2D eigenvalue weighted by molar-refractivity contribution is 0.0988. The predicted molar refractivity (Wildman–Crippen MR) is 82.5 cm³/mol. The summed E-state index contributed by atoms with van der Waals surface area (Å²) in [4.78, 5) is 11.5. The van der Waals surface area contributed by atoms with Crippen LogP contribution in [0.1, 0.15) is 29.3 Å². The van der Waals surface area contributed by atoms with E-state index in [1.165, 1.54) is 12.1 Å². The summed E-state index contributed by atoms with van der Waals surface area (Å²) < 4.78 is 14.0. The van der Waals surface area contributed by atoms with Gasteiger partial charge in [-0.2, -0.15) is 0 Å². The van der Waals surface area contributed by atoms with Crippen LogP contribution < -0.4 is 5.32 Å². The number of anilines is 1. The van der Waals surface area contributed by atoms with Gasteiger partial charge in [-0.05, 0) is 48.0 Å². The largest absolute Gasteiger partial charge is 0.381 e. The maximum atomic E-state index is 13.2. The lowest BCUT2D eigenvalue weighted by Crippen LogP contribution is -2.02. The van der Waals surface area contributed by atoms with Gasteiger partial charge in [0.1, 0.15) is 5.82 Å². The predicted octanol–water partition coefficient (Wildman–Crippen LogP) is 4.79. The molecule has 0 unspecified atom stereocenters. The van der Waals surface area contributed by atoms with E-state index in [0.29, 0.717) is 18.5 Å². The van der Waals surface area contributed by atoms with E-state index in [4.69, 9.17) is 0 Å². The van der Waals surface area contributed by atoms with Gasteiger partial charge >= 0.3 is 0 Å². The molecule has 0 heterocycles. The first-order valence-corrected chi connectivity index (χ1v) is 7.20. The van der Waals surface area contributed by atoms with Crippen molar-refractivity contribution in [2.24, 2.45) is 0 Å². The van der Waals surface area contributed by atoms with Crippen LogP contribution in [-0.2, 0) is 6.54 Å². The molecule has 0 bridgehead atoms. The molecule has 0 fully saturated rings. The average molecular weight is 336 g/mol. The van der Waals surface area contributed by atoms with Crippen LogP contribution in [-0.4, -0.2) is 5.78 Å². The number of carbonyl (C=O) groups excluding carboxylic acids is 1. The highest BCUT2D eigenvalue weighted by Gasteiger charge is 2.04. The minimum atomic E-state index is -0.256. The number of Topliss-reactive ketones (excluding diaryl/α,β-unsaturated/α-hetero) is 1. The van der Waals surface area contributed by atoms with E-state index in [-0.39, 0.29) is 11.6 Å². The van der Waals surface area contributed by atoms with Crippen LogP contribution in [0.4, 0.5) is 10.1 Å². The Morgan fingerprint density at radius 1 is 1.20 bits per heavy atom. The van der Waals surface area contributed by atoms with Crippen molar-refractivity contribution < 1.29 is 9.18 Å². The molecule has 2 aromatic carbocycles. The molecule has 0 spiro atoms. The first-order chi connectivity index (χ1) is 9.60. The average Bonchev–Trinajstić information content (AvgIpc) is 2.48. The van der Waals surface area contributed by atoms with Gasteiger partial charge in [-0.15, -0.1) is 0 Å². The second kappa shape index (κ2) is 6.66. The van der Waals surface area contributed by atoms with E-state index in [0.717, 1.165) is 15.7 Å². The van der Waals surface area contributed by atoms with E-state index >= 15 is 0 Å². The second-order valence-corrected chi connectivity index (χ2v) is 5.30. The molecule has 2 aromatic rings. The van der Waals surface area contributed by atoms with Crippen molar-refractivity contribution in [1.29, 1.82) is 0 Å². The standard InChI is InChI=1S/C16H15BrFNO/c1-2-16(20)11-3-6-14(7-4-11)19-10-12-9-13(18)5-8-15(12)17/h3-9,19H,2,10H2,1H3. The number of halogens is 2. The Hall–Kier alpha value is -1.68. The maximum absolute atomic E-state index is 13.2. The Balaban J connectivity index is 2.04. The highest BCUT2D eigenvalue weighted by Crippen LogP contribution is 2.19. The fraction of sp³-hybridized carbons (Fsp3) is 0.188. The summed E-state index contributed by atoms with van der Waals surface area (Å²) in [7, 11) is 0. The van der Waals surface area contributed by atoms with E-state index in [9.17, 15) is 9.18 Å². The van der Waals surface area contributed by atoms with Crippen LogP contribution in [0.5, 0.6) is 0 Å². The van der Waals surface area contributed by atoms with Gasteiger partial charge < -0.3 is 5.32 Å². The molecule has 2 rings (SSSR count). The fourth-order valence-electron chi connectivity index (χ4n) is 1.85. The van der Waals surface area contributed by atoms with E-state index in [1.807, 2.05) is 19.1 Å². The number of hydrogen-bond acceptors (Lipinski definition) is 2. The van der Waals surface area contributed by atoms with Crippen molar-refractivity contribution in [2.75, 3.05) is 5.32 Å². The minimum Gasteiger partial charge on any atom is -0.381 e. The lowest BCUT2D eigenvalue weighted by Gasteiger charge is -2.09. The fourth-order valence-corrected chi connectivity index (χ4v) is 2.24. The van der Waals surface area contributed by atoms with Crippen molar-refractivity contribution in [3.05, 3.63) is 63.9 Å². The molecule has 0 aromatic heterocycles. The van der Waals surface area contributed by atoms with Crippen molar-refractivity contribution in [2.45, 2.75) is 19.9 Å². The zero-order valence-electron chi connectivity index (χ0n) is 11.1. The monoisotopic (exact) mass is 335 g/mol. The quantitative estimate of drug-likeness (QED) is 0.795. The smallest absolute Gasteiger partial charge is 0.162 e. The summed E-state index contributed by atoms with van der Waals surface area (Å²) in [5.41, 5.74) is 2.46.